The second-order valence-corrected chi connectivity index (χ2v) is 6.32. The summed E-state index contributed by atoms with van der Waals surface area (Å²) in [5.74, 6) is 2.12. The number of amides is 1. The lowest BCUT2D eigenvalue weighted by Gasteiger charge is -2.07. The number of nitrogens with one attached hydrogen (secondary N) is 1. The minimum Gasteiger partial charge on any atom is -0.334 e. The summed E-state index contributed by atoms with van der Waals surface area (Å²) in [6.45, 7) is 0. The molecule has 0 saturated carbocycles. The molecule has 0 aliphatic carbocycles. The summed E-state index contributed by atoms with van der Waals surface area (Å²) in [5, 5.41) is 2.92. The van der Waals surface area contributed by atoms with Crippen LogP contribution in [0.2, 0.25) is 0 Å². The number of imidazole rings is 1. The van der Waals surface area contributed by atoms with Gasteiger partial charge >= 0.3 is 0 Å². The Morgan fingerprint density at radius 3 is 2.54 bits per heavy atom. The number of aromatic nitrogens is 3. The van der Waals surface area contributed by atoms with Crippen molar-refractivity contribution in [2.75, 3.05) is 11.1 Å². The van der Waals surface area contributed by atoms with Crippen molar-refractivity contribution < 1.29 is 4.79 Å². The summed E-state index contributed by atoms with van der Waals surface area (Å²) < 4.78 is 1.96. The highest BCUT2D eigenvalue weighted by atomic mass is 32.2. The molecule has 1 N–H and O–H groups in total. The first-order valence-electron chi connectivity index (χ1n) is 7.56. The van der Waals surface area contributed by atoms with Gasteiger partial charge in [0.05, 0.1) is 5.75 Å². The number of carbonyl (C=O) groups excluding carboxylic acids is 1. The van der Waals surface area contributed by atoms with E-state index in [-0.39, 0.29) is 5.91 Å². The average molecular weight is 338 g/mol. The number of hydrogen-bond acceptors (Lipinski definition) is 4. The van der Waals surface area contributed by atoms with E-state index in [1.54, 1.807) is 30.4 Å². The van der Waals surface area contributed by atoms with E-state index >= 15 is 0 Å². The Hall–Kier alpha value is -2.60. The molecule has 5 nitrogen and oxygen atoms in total. The third kappa shape index (κ3) is 4.23. The highest BCUT2D eigenvalue weighted by Gasteiger charge is 2.06. The van der Waals surface area contributed by atoms with Gasteiger partial charge in [-0.25, -0.2) is 4.98 Å². The molecule has 0 aliphatic rings. The summed E-state index contributed by atoms with van der Waals surface area (Å²) in [6, 6.07) is 11.6. The first kappa shape index (κ1) is 16.3. The van der Waals surface area contributed by atoms with E-state index in [2.05, 4.69) is 15.3 Å². The molecule has 0 unspecified atom stereocenters. The van der Waals surface area contributed by atoms with Gasteiger partial charge in [-0.1, -0.05) is 0 Å². The van der Waals surface area contributed by atoms with Gasteiger partial charge in [-0.2, -0.15) is 0 Å². The lowest BCUT2D eigenvalue weighted by atomic mass is 10.2. The zero-order valence-electron chi connectivity index (χ0n) is 13.3. The molecular formula is C18H18N4OS. The smallest absolute Gasteiger partial charge is 0.234 e. The first-order valence-corrected chi connectivity index (χ1v) is 8.72. The number of aryl methyl sites for hydroxylation is 1. The van der Waals surface area contributed by atoms with Gasteiger partial charge in [0.25, 0.3) is 0 Å². The number of nitrogens with zero attached hydrogens (tertiary/aromatic N) is 3. The van der Waals surface area contributed by atoms with Crippen LogP contribution in [0, 0.1) is 0 Å². The molecule has 2 heterocycles. The number of thioether (sulfide) groups is 1. The van der Waals surface area contributed by atoms with Crippen molar-refractivity contribution in [3.8, 4) is 11.4 Å². The van der Waals surface area contributed by atoms with Gasteiger partial charge in [0.15, 0.2) is 0 Å². The zero-order valence-corrected chi connectivity index (χ0v) is 14.2. The van der Waals surface area contributed by atoms with Gasteiger partial charge in [-0.05, 0) is 42.0 Å². The standard InChI is InChI=1S/C18H18N4OS/c1-22-11-10-20-18(22)15-2-4-16(5-3-15)21-17(23)13-24-12-14-6-8-19-9-7-14/h2-11H,12-13H2,1H3,(H,21,23). The fourth-order valence-electron chi connectivity index (χ4n) is 2.28. The Kier molecular flexibility index (Phi) is 5.28. The molecule has 1 aromatic carbocycles. The fraction of sp³-hybridized carbons (Fsp3) is 0.167. The van der Waals surface area contributed by atoms with E-state index < -0.39 is 0 Å². The van der Waals surface area contributed by atoms with Gasteiger partial charge in [0.1, 0.15) is 5.82 Å². The molecule has 0 fully saturated rings. The Bertz CT molecular complexity index is 799. The fourth-order valence-corrected chi connectivity index (χ4v) is 3.07. The largest absolute Gasteiger partial charge is 0.334 e. The molecule has 2 aromatic heterocycles. The molecule has 122 valence electrons. The van der Waals surface area contributed by atoms with Crippen molar-refractivity contribution in [3.05, 3.63) is 66.7 Å². The van der Waals surface area contributed by atoms with Gasteiger partial charge in [0.2, 0.25) is 5.91 Å². The lowest BCUT2D eigenvalue weighted by molar-refractivity contribution is -0.113. The molecule has 1 amide bonds. The maximum absolute atomic E-state index is 12.0. The van der Waals surface area contributed by atoms with Crippen molar-refractivity contribution in [1.82, 2.24) is 14.5 Å². The van der Waals surface area contributed by atoms with Crippen molar-refractivity contribution in [2.24, 2.45) is 7.05 Å². The molecule has 0 saturated heterocycles. The van der Waals surface area contributed by atoms with Crippen molar-refractivity contribution >= 4 is 23.4 Å². The summed E-state index contributed by atoms with van der Waals surface area (Å²) >= 11 is 1.58. The molecule has 3 aromatic rings. The number of hydrogen-bond donors (Lipinski definition) is 1. The number of anilines is 1. The lowest BCUT2D eigenvalue weighted by Crippen LogP contribution is -2.14. The van der Waals surface area contributed by atoms with Crippen LogP contribution in [-0.4, -0.2) is 26.2 Å². The molecule has 0 radical (unpaired) electrons. The van der Waals surface area contributed by atoms with E-state index in [1.807, 2.05) is 54.2 Å². The van der Waals surface area contributed by atoms with Gasteiger partial charge in [0, 0.05) is 48.8 Å². The molecule has 6 heteroatoms. The van der Waals surface area contributed by atoms with Gasteiger partial charge in [-0.15, -0.1) is 11.8 Å². The van der Waals surface area contributed by atoms with E-state index in [0.29, 0.717) is 5.75 Å². The molecule has 0 atom stereocenters. The number of rotatable bonds is 6. The SMILES string of the molecule is Cn1ccnc1-c1ccc(NC(=O)CSCc2ccncc2)cc1. The van der Waals surface area contributed by atoms with Crippen LogP contribution < -0.4 is 5.32 Å². The van der Waals surface area contributed by atoms with Crippen LogP contribution in [0.4, 0.5) is 5.69 Å². The van der Waals surface area contributed by atoms with Crippen LogP contribution in [0.5, 0.6) is 0 Å². The molecular weight excluding hydrogens is 320 g/mol. The third-order valence-electron chi connectivity index (χ3n) is 3.50. The number of benzene rings is 1. The molecule has 0 bridgehead atoms. The first-order chi connectivity index (χ1) is 11.7. The van der Waals surface area contributed by atoms with Crippen LogP contribution in [-0.2, 0) is 17.6 Å². The van der Waals surface area contributed by atoms with Gasteiger partial charge in [-0.3, -0.25) is 9.78 Å². The number of pyridine rings is 1. The predicted molar refractivity (Wildman–Crippen MR) is 97.7 cm³/mol. The Labute approximate surface area is 145 Å². The van der Waals surface area contributed by atoms with E-state index in [9.17, 15) is 4.79 Å². The van der Waals surface area contributed by atoms with Crippen molar-refractivity contribution in [2.45, 2.75) is 5.75 Å². The predicted octanol–water partition coefficient (Wildman–Crippen LogP) is 3.35. The van der Waals surface area contributed by atoms with Gasteiger partial charge < -0.3 is 9.88 Å². The highest BCUT2D eigenvalue weighted by molar-refractivity contribution is 7.99. The highest BCUT2D eigenvalue weighted by Crippen LogP contribution is 2.19. The minimum atomic E-state index is -0.00111. The van der Waals surface area contributed by atoms with Crippen LogP contribution in [0.25, 0.3) is 11.4 Å². The summed E-state index contributed by atoms with van der Waals surface area (Å²) in [5.41, 5.74) is 2.98. The van der Waals surface area contributed by atoms with Crippen LogP contribution in [0.15, 0.2) is 61.2 Å². The third-order valence-corrected chi connectivity index (χ3v) is 4.50. The molecule has 0 spiro atoms. The van der Waals surface area contributed by atoms with Crippen molar-refractivity contribution in [1.29, 1.82) is 0 Å². The maximum Gasteiger partial charge on any atom is 0.234 e. The second kappa shape index (κ2) is 7.79. The normalized spacial score (nSPS) is 10.5. The summed E-state index contributed by atoms with van der Waals surface area (Å²) in [6.07, 6.45) is 7.20. The minimum absolute atomic E-state index is 0.00111. The summed E-state index contributed by atoms with van der Waals surface area (Å²) in [4.78, 5) is 20.3. The quantitative estimate of drug-likeness (QED) is 0.749. The Morgan fingerprint density at radius 1 is 1.12 bits per heavy atom. The zero-order chi connectivity index (χ0) is 16.8. The average Bonchev–Trinajstić information content (AvgIpc) is 3.03. The van der Waals surface area contributed by atoms with Crippen LogP contribution in [0.3, 0.4) is 0 Å². The molecule has 3 rings (SSSR count). The monoisotopic (exact) mass is 338 g/mol. The van der Waals surface area contributed by atoms with Crippen molar-refractivity contribution in [3.63, 3.8) is 0 Å². The topological polar surface area (TPSA) is 59.8 Å². The van der Waals surface area contributed by atoms with Crippen LogP contribution >= 0.6 is 11.8 Å². The summed E-state index contributed by atoms with van der Waals surface area (Å²) in [7, 11) is 1.96. The number of carbonyl (C=O) groups is 1. The van der Waals surface area contributed by atoms with E-state index in [4.69, 9.17) is 0 Å². The van der Waals surface area contributed by atoms with E-state index in [0.717, 1.165) is 22.8 Å². The second-order valence-electron chi connectivity index (χ2n) is 5.34. The molecule has 24 heavy (non-hydrogen) atoms. The van der Waals surface area contributed by atoms with Crippen LogP contribution in [0.1, 0.15) is 5.56 Å². The Balaban J connectivity index is 1.50. The van der Waals surface area contributed by atoms with E-state index in [1.165, 1.54) is 5.56 Å². The maximum atomic E-state index is 12.0. The molecule has 0 aliphatic heterocycles. The Morgan fingerprint density at radius 2 is 1.88 bits per heavy atom.